The van der Waals surface area contributed by atoms with E-state index in [1.54, 1.807) is 0 Å². The van der Waals surface area contributed by atoms with Gasteiger partial charge < -0.3 is 10.6 Å². The van der Waals surface area contributed by atoms with E-state index in [1.807, 2.05) is 0 Å². The van der Waals surface area contributed by atoms with Gasteiger partial charge in [-0.25, -0.2) is 0 Å². The van der Waals surface area contributed by atoms with E-state index in [0.717, 1.165) is 51.6 Å². The lowest BCUT2D eigenvalue weighted by Gasteiger charge is -2.38. The molecule has 0 bridgehead atoms. The van der Waals surface area contributed by atoms with Gasteiger partial charge in [-0.3, -0.25) is 4.90 Å². The number of thiocarbonyl (C=S) groups is 1. The van der Waals surface area contributed by atoms with E-state index in [9.17, 15) is 26.3 Å². The summed E-state index contributed by atoms with van der Waals surface area (Å²) in [7, 11) is 0. The number of rotatable bonds is 3. The Morgan fingerprint density at radius 3 is 1.97 bits per heavy atom. The van der Waals surface area contributed by atoms with E-state index >= 15 is 0 Å². The van der Waals surface area contributed by atoms with Crippen LogP contribution >= 0.6 is 12.2 Å². The fourth-order valence-corrected chi connectivity index (χ4v) is 4.42. The minimum Gasteiger partial charge on any atom is -0.358 e. The van der Waals surface area contributed by atoms with Crippen molar-refractivity contribution in [3.8, 4) is 0 Å². The standard InChI is InChI=1S/C19H23F6N3S/c20-18(21,22)12-9-13(19(23,24)25)11-14(10-12)26-17(29)27-15-5-1-2-6-16(15)28-7-3-4-8-28/h9-11,15-16H,1-8H2,(H2,26,27,29)/t15-,16-/m0/s1. The summed E-state index contributed by atoms with van der Waals surface area (Å²) < 4.78 is 78.1. The molecular weight excluding hydrogens is 416 g/mol. The van der Waals surface area contributed by atoms with Crippen molar-refractivity contribution < 1.29 is 26.3 Å². The van der Waals surface area contributed by atoms with Crippen LogP contribution in [0.5, 0.6) is 0 Å². The van der Waals surface area contributed by atoms with E-state index in [-0.39, 0.29) is 28.9 Å². The van der Waals surface area contributed by atoms with Gasteiger partial charge in [0.1, 0.15) is 0 Å². The zero-order valence-electron chi connectivity index (χ0n) is 15.7. The number of alkyl halides is 6. The maximum absolute atomic E-state index is 13.0. The van der Waals surface area contributed by atoms with Crippen molar-refractivity contribution in [3.05, 3.63) is 29.3 Å². The summed E-state index contributed by atoms with van der Waals surface area (Å²) in [6.45, 7) is 2.01. The average Bonchev–Trinajstić information content (AvgIpc) is 3.15. The number of hydrogen-bond donors (Lipinski definition) is 2. The van der Waals surface area contributed by atoms with Gasteiger partial charge in [0, 0.05) is 17.8 Å². The molecule has 29 heavy (non-hydrogen) atoms. The van der Waals surface area contributed by atoms with Gasteiger partial charge >= 0.3 is 12.4 Å². The second kappa shape index (κ2) is 8.67. The quantitative estimate of drug-likeness (QED) is 0.486. The van der Waals surface area contributed by atoms with E-state index in [0.29, 0.717) is 12.1 Å². The fourth-order valence-electron chi connectivity index (χ4n) is 4.15. The van der Waals surface area contributed by atoms with Gasteiger partial charge in [-0.1, -0.05) is 12.8 Å². The van der Waals surface area contributed by atoms with Crippen LogP contribution in [0.4, 0.5) is 32.0 Å². The van der Waals surface area contributed by atoms with Crippen LogP contribution in [0, 0.1) is 0 Å². The summed E-state index contributed by atoms with van der Waals surface area (Å²) in [5, 5.41) is 5.69. The second-order valence-electron chi connectivity index (χ2n) is 7.59. The van der Waals surface area contributed by atoms with Gasteiger partial charge in [-0.2, -0.15) is 26.3 Å². The number of halogens is 6. The number of likely N-dealkylation sites (tertiary alicyclic amines) is 1. The number of benzene rings is 1. The number of nitrogens with zero attached hydrogens (tertiary/aromatic N) is 1. The van der Waals surface area contributed by atoms with Crippen LogP contribution in [0.2, 0.25) is 0 Å². The zero-order valence-corrected chi connectivity index (χ0v) is 16.5. The molecule has 0 aromatic heterocycles. The van der Waals surface area contributed by atoms with E-state index in [1.165, 1.54) is 0 Å². The molecule has 0 radical (unpaired) electrons. The summed E-state index contributed by atoms with van der Waals surface area (Å²) in [4.78, 5) is 2.39. The largest absolute Gasteiger partial charge is 0.416 e. The third-order valence-corrected chi connectivity index (χ3v) is 5.72. The molecule has 0 amide bonds. The van der Waals surface area contributed by atoms with Crippen molar-refractivity contribution >= 4 is 23.0 Å². The van der Waals surface area contributed by atoms with Gasteiger partial charge in [-0.05, 0) is 69.2 Å². The predicted molar refractivity (Wildman–Crippen MR) is 103 cm³/mol. The van der Waals surface area contributed by atoms with Crippen LogP contribution in [-0.4, -0.2) is 35.2 Å². The summed E-state index contributed by atoms with van der Waals surface area (Å²) >= 11 is 5.21. The lowest BCUT2D eigenvalue weighted by atomic mass is 9.89. The Morgan fingerprint density at radius 2 is 1.41 bits per heavy atom. The van der Waals surface area contributed by atoms with Gasteiger partial charge in [0.15, 0.2) is 5.11 Å². The molecule has 2 atom stereocenters. The van der Waals surface area contributed by atoms with Crippen LogP contribution in [0.3, 0.4) is 0 Å². The van der Waals surface area contributed by atoms with Gasteiger partial charge in [0.2, 0.25) is 0 Å². The summed E-state index contributed by atoms with van der Waals surface area (Å²) in [6, 6.07) is 1.68. The number of anilines is 1. The predicted octanol–water partition coefficient (Wildman–Crippen LogP) is 5.42. The highest BCUT2D eigenvalue weighted by Gasteiger charge is 2.37. The first-order valence-electron chi connectivity index (χ1n) is 9.65. The lowest BCUT2D eigenvalue weighted by molar-refractivity contribution is -0.143. The minimum absolute atomic E-state index is 0.0229. The summed E-state index contributed by atoms with van der Waals surface area (Å²) in [5.41, 5.74) is -3.08. The molecule has 1 aliphatic carbocycles. The number of nitrogens with one attached hydrogen (secondary N) is 2. The molecule has 0 spiro atoms. The highest BCUT2D eigenvalue weighted by molar-refractivity contribution is 7.80. The first-order valence-corrected chi connectivity index (χ1v) is 10.1. The average molecular weight is 439 g/mol. The fraction of sp³-hybridized carbons (Fsp3) is 0.632. The normalized spacial score (nSPS) is 23.8. The van der Waals surface area contributed by atoms with Crippen molar-refractivity contribution in [2.75, 3.05) is 18.4 Å². The molecule has 162 valence electrons. The van der Waals surface area contributed by atoms with Gasteiger partial charge in [-0.15, -0.1) is 0 Å². The Bertz CT molecular complexity index is 695. The molecule has 1 aliphatic heterocycles. The van der Waals surface area contributed by atoms with Crippen LogP contribution in [-0.2, 0) is 12.4 Å². The van der Waals surface area contributed by atoms with E-state index in [2.05, 4.69) is 15.5 Å². The van der Waals surface area contributed by atoms with Crippen molar-refractivity contribution in [1.82, 2.24) is 10.2 Å². The molecule has 1 saturated heterocycles. The van der Waals surface area contributed by atoms with Crippen LogP contribution in [0.25, 0.3) is 0 Å². The molecule has 3 rings (SSSR count). The Labute approximate surface area is 170 Å². The van der Waals surface area contributed by atoms with E-state index in [4.69, 9.17) is 12.2 Å². The molecule has 2 fully saturated rings. The summed E-state index contributed by atoms with van der Waals surface area (Å²) in [6.07, 6.45) is -3.55. The second-order valence-corrected chi connectivity index (χ2v) is 8.00. The lowest BCUT2D eigenvalue weighted by Crippen LogP contribution is -2.53. The topological polar surface area (TPSA) is 27.3 Å². The molecule has 1 heterocycles. The molecule has 1 aromatic carbocycles. The smallest absolute Gasteiger partial charge is 0.358 e. The van der Waals surface area contributed by atoms with Crippen molar-refractivity contribution in [2.45, 2.75) is 63.0 Å². The Hall–Kier alpha value is -1.55. The van der Waals surface area contributed by atoms with Crippen molar-refractivity contribution in [3.63, 3.8) is 0 Å². The molecule has 3 nitrogen and oxygen atoms in total. The SMILES string of the molecule is FC(F)(F)c1cc(NC(=S)N[C@H]2CCCC[C@@H]2N2CCCC2)cc(C(F)(F)F)c1. The van der Waals surface area contributed by atoms with Crippen molar-refractivity contribution in [2.24, 2.45) is 0 Å². The minimum atomic E-state index is -4.89. The molecule has 1 aromatic rings. The maximum Gasteiger partial charge on any atom is 0.416 e. The van der Waals surface area contributed by atoms with Gasteiger partial charge in [0.25, 0.3) is 0 Å². The highest BCUT2D eigenvalue weighted by Crippen LogP contribution is 2.37. The molecule has 2 N–H and O–H groups in total. The molecule has 10 heteroatoms. The van der Waals surface area contributed by atoms with Crippen LogP contribution < -0.4 is 10.6 Å². The maximum atomic E-state index is 13.0. The third kappa shape index (κ3) is 5.75. The Kier molecular flexibility index (Phi) is 6.62. The first-order chi connectivity index (χ1) is 13.5. The monoisotopic (exact) mass is 439 g/mol. The Morgan fingerprint density at radius 1 is 0.862 bits per heavy atom. The third-order valence-electron chi connectivity index (χ3n) is 5.50. The number of hydrogen-bond acceptors (Lipinski definition) is 2. The molecule has 0 unspecified atom stereocenters. The first kappa shape index (κ1) is 22.1. The molecule has 1 saturated carbocycles. The van der Waals surface area contributed by atoms with Crippen molar-refractivity contribution in [1.29, 1.82) is 0 Å². The molecular formula is C19H23F6N3S. The molecule has 2 aliphatic rings. The highest BCUT2D eigenvalue weighted by atomic mass is 32.1. The van der Waals surface area contributed by atoms with Gasteiger partial charge in [0.05, 0.1) is 11.1 Å². The van der Waals surface area contributed by atoms with Crippen LogP contribution in [0.15, 0.2) is 18.2 Å². The zero-order chi connectivity index (χ0) is 21.2. The van der Waals surface area contributed by atoms with Crippen LogP contribution in [0.1, 0.15) is 49.7 Å². The van der Waals surface area contributed by atoms with E-state index < -0.39 is 23.5 Å². The summed E-state index contributed by atoms with van der Waals surface area (Å²) in [5.74, 6) is 0. The Balaban J connectivity index is 1.73.